The highest BCUT2D eigenvalue weighted by molar-refractivity contribution is 6.18. The van der Waals surface area contributed by atoms with Crippen molar-refractivity contribution in [3.63, 3.8) is 0 Å². The van der Waals surface area contributed by atoms with Crippen LogP contribution in [0.25, 0.3) is 0 Å². The predicted molar refractivity (Wildman–Crippen MR) is 64.3 cm³/mol. The second kappa shape index (κ2) is 5.53. The molecule has 1 aliphatic rings. The van der Waals surface area contributed by atoms with Crippen molar-refractivity contribution < 1.29 is 4.90 Å². The molecule has 0 aromatic heterocycles. The Morgan fingerprint density at radius 1 is 1.13 bits per heavy atom. The minimum Gasteiger partial charge on any atom is -0.331 e. The number of nitrogens with one attached hydrogen (secondary N) is 1. The van der Waals surface area contributed by atoms with Gasteiger partial charge < -0.3 is 4.90 Å². The predicted octanol–water partition coefficient (Wildman–Crippen LogP) is 1.72. The van der Waals surface area contributed by atoms with E-state index < -0.39 is 0 Å². The van der Waals surface area contributed by atoms with E-state index in [-0.39, 0.29) is 0 Å². The summed E-state index contributed by atoms with van der Waals surface area (Å²) in [5.74, 6) is 1.62. The third-order valence-corrected chi connectivity index (χ3v) is 3.76. The van der Waals surface area contributed by atoms with Crippen molar-refractivity contribution in [2.24, 2.45) is 5.92 Å². The average molecular weight is 225 g/mol. The zero-order chi connectivity index (χ0) is 10.5. The standard InChI is InChI=1S/C13H18ClN/c14-10-12-6-8-15(9-7-12)11-13-4-2-1-3-5-13/h1-5,12H,6-11H2/p+1. The molecule has 15 heavy (non-hydrogen) atoms. The van der Waals surface area contributed by atoms with Crippen molar-refractivity contribution in [3.05, 3.63) is 35.9 Å². The summed E-state index contributed by atoms with van der Waals surface area (Å²) in [5.41, 5.74) is 1.46. The van der Waals surface area contributed by atoms with Crippen molar-refractivity contribution >= 4 is 11.6 Å². The Kier molecular flexibility index (Phi) is 4.04. The fraction of sp³-hybridized carbons (Fsp3) is 0.538. The van der Waals surface area contributed by atoms with E-state index in [4.69, 9.17) is 11.6 Å². The maximum atomic E-state index is 5.88. The molecule has 1 heterocycles. The highest BCUT2D eigenvalue weighted by Gasteiger charge is 2.21. The maximum Gasteiger partial charge on any atom is 0.103 e. The first kappa shape index (κ1) is 11.0. The molecule has 2 heteroatoms. The quantitative estimate of drug-likeness (QED) is 0.746. The highest BCUT2D eigenvalue weighted by Crippen LogP contribution is 2.11. The topological polar surface area (TPSA) is 4.44 Å². The Hall–Kier alpha value is -0.530. The molecule has 0 unspecified atom stereocenters. The molecule has 0 aliphatic carbocycles. The minimum absolute atomic E-state index is 0.770. The van der Waals surface area contributed by atoms with E-state index in [1.165, 1.54) is 38.0 Å². The van der Waals surface area contributed by atoms with Gasteiger partial charge in [0.1, 0.15) is 6.54 Å². The number of quaternary nitrogens is 1. The van der Waals surface area contributed by atoms with Crippen molar-refractivity contribution in [2.75, 3.05) is 19.0 Å². The second-order valence-electron chi connectivity index (χ2n) is 4.51. The molecule has 0 bridgehead atoms. The van der Waals surface area contributed by atoms with Gasteiger partial charge in [0.2, 0.25) is 0 Å². The first-order valence-corrected chi connectivity index (χ1v) is 6.35. The molecule has 1 saturated heterocycles. The number of hydrogen-bond donors (Lipinski definition) is 1. The number of benzene rings is 1. The molecule has 0 amide bonds. The van der Waals surface area contributed by atoms with Gasteiger partial charge in [-0.1, -0.05) is 30.3 Å². The maximum absolute atomic E-state index is 5.88. The molecule has 1 aliphatic heterocycles. The van der Waals surface area contributed by atoms with Crippen molar-refractivity contribution in [2.45, 2.75) is 19.4 Å². The van der Waals surface area contributed by atoms with Crippen LogP contribution in [0.4, 0.5) is 0 Å². The van der Waals surface area contributed by atoms with Gasteiger partial charge in [-0.05, 0) is 5.92 Å². The molecule has 2 rings (SSSR count). The largest absolute Gasteiger partial charge is 0.331 e. The summed E-state index contributed by atoms with van der Waals surface area (Å²) < 4.78 is 0. The molecule has 1 fully saturated rings. The lowest BCUT2D eigenvalue weighted by Crippen LogP contribution is -3.11. The van der Waals surface area contributed by atoms with Gasteiger partial charge in [0, 0.05) is 24.3 Å². The van der Waals surface area contributed by atoms with E-state index in [1.807, 2.05) is 0 Å². The Bertz CT molecular complexity index is 278. The third-order valence-electron chi connectivity index (χ3n) is 3.33. The number of alkyl halides is 1. The van der Waals surface area contributed by atoms with Gasteiger partial charge in [-0.15, -0.1) is 11.6 Å². The van der Waals surface area contributed by atoms with E-state index in [0.29, 0.717) is 0 Å². The van der Waals surface area contributed by atoms with Crippen LogP contribution < -0.4 is 4.90 Å². The van der Waals surface area contributed by atoms with E-state index in [0.717, 1.165) is 11.8 Å². The van der Waals surface area contributed by atoms with Crippen LogP contribution >= 0.6 is 11.6 Å². The van der Waals surface area contributed by atoms with Crippen LogP contribution in [-0.2, 0) is 6.54 Å². The molecule has 0 spiro atoms. The van der Waals surface area contributed by atoms with Gasteiger partial charge in [0.25, 0.3) is 0 Å². The summed E-state index contributed by atoms with van der Waals surface area (Å²) in [6.07, 6.45) is 2.59. The zero-order valence-electron chi connectivity index (χ0n) is 9.08. The number of rotatable bonds is 3. The van der Waals surface area contributed by atoms with E-state index in [9.17, 15) is 0 Å². The normalized spacial score (nSPS) is 26.5. The minimum atomic E-state index is 0.770. The summed E-state index contributed by atoms with van der Waals surface area (Å²) in [5, 5.41) is 0. The van der Waals surface area contributed by atoms with Gasteiger partial charge >= 0.3 is 0 Å². The summed E-state index contributed by atoms with van der Waals surface area (Å²) in [4.78, 5) is 1.71. The lowest BCUT2D eigenvalue weighted by Gasteiger charge is -2.28. The molecule has 1 N–H and O–H groups in total. The van der Waals surface area contributed by atoms with E-state index in [2.05, 4.69) is 30.3 Å². The summed E-state index contributed by atoms with van der Waals surface area (Å²) in [6, 6.07) is 10.8. The van der Waals surface area contributed by atoms with Crippen LogP contribution in [-0.4, -0.2) is 19.0 Å². The summed E-state index contributed by atoms with van der Waals surface area (Å²) >= 11 is 5.88. The fourth-order valence-electron chi connectivity index (χ4n) is 2.30. The van der Waals surface area contributed by atoms with Gasteiger partial charge in [-0.3, -0.25) is 0 Å². The molecule has 82 valence electrons. The van der Waals surface area contributed by atoms with Crippen LogP contribution in [0, 0.1) is 5.92 Å². The van der Waals surface area contributed by atoms with Crippen LogP contribution in [0.15, 0.2) is 30.3 Å². The van der Waals surface area contributed by atoms with Gasteiger partial charge in [-0.2, -0.15) is 0 Å². The number of halogens is 1. The van der Waals surface area contributed by atoms with Crippen LogP contribution in [0.2, 0.25) is 0 Å². The number of piperidine rings is 1. The first-order valence-electron chi connectivity index (χ1n) is 5.82. The molecule has 0 saturated carbocycles. The lowest BCUT2D eigenvalue weighted by atomic mass is 9.98. The molecule has 1 aromatic rings. The van der Waals surface area contributed by atoms with Gasteiger partial charge in [0.05, 0.1) is 13.1 Å². The summed E-state index contributed by atoms with van der Waals surface area (Å²) in [6.45, 7) is 3.74. The smallest absolute Gasteiger partial charge is 0.103 e. The Morgan fingerprint density at radius 2 is 1.80 bits per heavy atom. The van der Waals surface area contributed by atoms with E-state index >= 15 is 0 Å². The second-order valence-corrected chi connectivity index (χ2v) is 4.82. The van der Waals surface area contributed by atoms with Crippen molar-refractivity contribution in [3.8, 4) is 0 Å². The monoisotopic (exact) mass is 224 g/mol. The Labute approximate surface area is 97.0 Å². The SMILES string of the molecule is ClCC1CC[NH+](Cc2ccccc2)CC1. The summed E-state index contributed by atoms with van der Waals surface area (Å²) in [7, 11) is 0. The van der Waals surface area contributed by atoms with Crippen LogP contribution in [0.5, 0.6) is 0 Å². The average Bonchev–Trinajstić information content (AvgIpc) is 2.31. The van der Waals surface area contributed by atoms with E-state index in [1.54, 1.807) is 4.90 Å². The highest BCUT2D eigenvalue weighted by atomic mass is 35.5. The van der Waals surface area contributed by atoms with Gasteiger partial charge in [0.15, 0.2) is 0 Å². The molecular weight excluding hydrogens is 206 g/mol. The molecule has 0 atom stereocenters. The third kappa shape index (κ3) is 3.22. The molecule has 1 aromatic carbocycles. The number of hydrogen-bond acceptors (Lipinski definition) is 0. The Balaban J connectivity index is 1.82. The van der Waals surface area contributed by atoms with Gasteiger partial charge in [-0.25, -0.2) is 0 Å². The van der Waals surface area contributed by atoms with Crippen LogP contribution in [0.3, 0.4) is 0 Å². The lowest BCUT2D eigenvalue weighted by molar-refractivity contribution is -0.919. The van der Waals surface area contributed by atoms with Crippen molar-refractivity contribution in [1.82, 2.24) is 0 Å². The zero-order valence-corrected chi connectivity index (χ0v) is 9.84. The number of likely N-dealkylation sites (tertiary alicyclic amines) is 1. The fourth-order valence-corrected chi connectivity index (χ4v) is 2.61. The van der Waals surface area contributed by atoms with Crippen LogP contribution in [0.1, 0.15) is 18.4 Å². The van der Waals surface area contributed by atoms with Crippen molar-refractivity contribution in [1.29, 1.82) is 0 Å². The molecule has 1 nitrogen and oxygen atoms in total. The molecule has 0 radical (unpaired) electrons. The molecular formula is C13H19ClN+. The Morgan fingerprint density at radius 3 is 2.40 bits per heavy atom. The first-order chi connectivity index (χ1) is 7.38.